The van der Waals surface area contributed by atoms with E-state index in [1.165, 1.54) is 36.4 Å². The highest BCUT2D eigenvalue weighted by molar-refractivity contribution is 8.13. The number of rotatable bonds is 10. The summed E-state index contributed by atoms with van der Waals surface area (Å²) >= 11 is 1.34. The summed E-state index contributed by atoms with van der Waals surface area (Å²) < 4.78 is 47.5. The Balaban J connectivity index is 1.42. The van der Waals surface area contributed by atoms with Crippen LogP contribution in [-0.2, 0) is 5.75 Å². The SMILES string of the molecule is Cc1cccc(C)c1N=C(N)SCc1oc(-c2cc(C(N)=NC=Nc3ccc(OC(F)(F)F)cc3)ccc2C=[NH2+])nc1-c1ccccc1. The summed E-state index contributed by atoms with van der Waals surface area (Å²) in [7, 11) is 0. The Morgan fingerprint density at radius 1 is 0.958 bits per heavy atom. The van der Waals surface area contributed by atoms with E-state index in [-0.39, 0.29) is 11.6 Å². The monoisotopic (exact) mass is 670 g/mol. The van der Waals surface area contributed by atoms with E-state index in [2.05, 4.69) is 19.7 Å². The van der Waals surface area contributed by atoms with Crippen LogP contribution in [-0.4, -0.2) is 34.9 Å². The summed E-state index contributed by atoms with van der Waals surface area (Å²) in [6.07, 6.45) is -2.13. The summed E-state index contributed by atoms with van der Waals surface area (Å²) in [5.74, 6) is 1.04. The minimum atomic E-state index is -4.78. The molecule has 5 aromatic rings. The topological polar surface area (TPSA) is 150 Å². The van der Waals surface area contributed by atoms with E-state index in [0.717, 1.165) is 34.5 Å². The number of oxazole rings is 1. The van der Waals surface area contributed by atoms with E-state index >= 15 is 0 Å². The highest BCUT2D eigenvalue weighted by Crippen LogP contribution is 2.34. The number of aryl methyl sites for hydroxylation is 2. The predicted octanol–water partition coefficient (Wildman–Crippen LogP) is 6.65. The third kappa shape index (κ3) is 8.56. The number of nitrogens with two attached hydrogens (primary N) is 3. The van der Waals surface area contributed by atoms with Gasteiger partial charge < -0.3 is 20.6 Å². The van der Waals surface area contributed by atoms with E-state index in [4.69, 9.17) is 26.3 Å². The van der Waals surface area contributed by atoms with Crippen LogP contribution in [0.1, 0.15) is 28.0 Å². The van der Waals surface area contributed by atoms with Crippen LogP contribution in [0.15, 0.2) is 110 Å². The highest BCUT2D eigenvalue weighted by atomic mass is 32.2. The van der Waals surface area contributed by atoms with Gasteiger partial charge in [0.1, 0.15) is 29.4 Å². The Hall–Kier alpha value is -5.69. The van der Waals surface area contributed by atoms with Crippen molar-refractivity contribution in [3.05, 3.63) is 119 Å². The van der Waals surface area contributed by atoms with Crippen LogP contribution in [0, 0.1) is 13.8 Å². The van der Waals surface area contributed by atoms with Gasteiger partial charge in [-0.1, -0.05) is 66.4 Å². The second-order valence-corrected chi connectivity index (χ2v) is 11.4. The molecule has 0 amide bonds. The van der Waals surface area contributed by atoms with Gasteiger partial charge in [-0.2, -0.15) is 0 Å². The first-order valence-electron chi connectivity index (χ1n) is 14.5. The Kier molecular flexibility index (Phi) is 10.4. The van der Waals surface area contributed by atoms with Crippen molar-refractivity contribution in [1.82, 2.24) is 4.98 Å². The van der Waals surface area contributed by atoms with E-state index in [9.17, 15) is 13.2 Å². The maximum absolute atomic E-state index is 12.4. The lowest BCUT2D eigenvalue weighted by Crippen LogP contribution is -2.30. The zero-order valence-electron chi connectivity index (χ0n) is 25.9. The van der Waals surface area contributed by atoms with Crippen LogP contribution in [0.3, 0.4) is 0 Å². The third-order valence-corrected chi connectivity index (χ3v) is 7.78. The van der Waals surface area contributed by atoms with Gasteiger partial charge in [0.05, 0.1) is 28.3 Å². The number of hydrogen-bond acceptors (Lipinski definition) is 6. The number of aromatic nitrogens is 1. The lowest BCUT2D eigenvalue weighted by atomic mass is 10.0. The van der Waals surface area contributed by atoms with Crippen LogP contribution in [0.5, 0.6) is 5.75 Å². The molecule has 4 aromatic carbocycles. The molecule has 48 heavy (non-hydrogen) atoms. The molecule has 0 spiro atoms. The summed E-state index contributed by atoms with van der Waals surface area (Å²) in [5.41, 5.74) is 19.1. The number of hydrogen-bond donors (Lipinski definition) is 3. The zero-order chi connectivity index (χ0) is 34.3. The molecule has 244 valence electrons. The zero-order valence-corrected chi connectivity index (χ0v) is 26.7. The predicted molar refractivity (Wildman–Crippen MR) is 185 cm³/mol. The van der Waals surface area contributed by atoms with Gasteiger partial charge in [-0.3, -0.25) is 5.41 Å². The largest absolute Gasteiger partial charge is 0.573 e. The molecule has 0 unspecified atom stereocenters. The maximum Gasteiger partial charge on any atom is 0.573 e. The van der Waals surface area contributed by atoms with Crippen molar-refractivity contribution >= 4 is 46.7 Å². The molecule has 5 rings (SSSR count). The number of alkyl halides is 3. The van der Waals surface area contributed by atoms with Gasteiger partial charge in [0.25, 0.3) is 0 Å². The Bertz CT molecular complexity index is 1990. The van der Waals surface area contributed by atoms with E-state index < -0.39 is 6.36 Å². The van der Waals surface area contributed by atoms with Crippen LogP contribution in [0.2, 0.25) is 0 Å². The van der Waals surface area contributed by atoms with Gasteiger partial charge in [-0.25, -0.2) is 20.0 Å². The third-order valence-electron chi connectivity index (χ3n) is 6.99. The molecule has 1 aromatic heterocycles. The number of amidine groups is 2. The minimum absolute atomic E-state index is 0.127. The molecule has 0 radical (unpaired) electrons. The first kappa shape index (κ1) is 33.7. The average Bonchev–Trinajstić information content (AvgIpc) is 3.50. The van der Waals surface area contributed by atoms with Gasteiger partial charge in [-0.05, 0) is 61.4 Å². The number of para-hydroxylation sites is 1. The number of thioether (sulfide) groups is 1. The molecule has 1 heterocycles. The van der Waals surface area contributed by atoms with Crippen LogP contribution >= 0.6 is 11.8 Å². The molecular formula is C35H31F3N7O2S+. The fourth-order valence-corrected chi connectivity index (χ4v) is 5.29. The standard InChI is InChI=1S/C35H30F3N7O2S/c1-21-7-6-8-22(2)30(21)45-34(41)48-19-29-31(23-9-4-3-5-10-23)44-33(46-29)28-17-24(11-12-25(28)18-39)32(40)43-20-42-26-13-15-27(16-14-26)47-35(36,37)38/h3-18,20,39H,19H2,1-2H3,(H2,41,45)(H2,40,42,43)/p+1. The number of halogens is 3. The number of nitrogens with zero attached hydrogens (tertiary/aromatic N) is 4. The van der Waals surface area contributed by atoms with Crippen LogP contribution in [0.25, 0.3) is 22.7 Å². The van der Waals surface area contributed by atoms with E-state index in [1.807, 2.05) is 62.4 Å². The Morgan fingerprint density at radius 3 is 2.33 bits per heavy atom. The summed E-state index contributed by atoms with van der Waals surface area (Å²) in [6.45, 7) is 3.98. The normalized spacial score (nSPS) is 12.4. The molecule has 9 nitrogen and oxygen atoms in total. The molecule has 0 saturated carbocycles. The molecule has 0 aliphatic rings. The van der Waals surface area contributed by atoms with Gasteiger partial charge >= 0.3 is 6.36 Å². The van der Waals surface area contributed by atoms with Crippen molar-refractivity contribution in [2.75, 3.05) is 0 Å². The molecule has 0 aliphatic heterocycles. The van der Waals surface area contributed by atoms with Crippen molar-refractivity contribution in [3.63, 3.8) is 0 Å². The molecular weight excluding hydrogens is 639 g/mol. The second kappa shape index (κ2) is 14.8. The molecule has 0 aliphatic carbocycles. The second-order valence-electron chi connectivity index (χ2n) is 10.4. The molecule has 0 bridgehead atoms. The van der Waals surface area contributed by atoms with Gasteiger partial charge in [0.15, 0.2) is 11.4 Å². The van der Waals surface area contributed by atoms with Crippen LogP contribution in [0.4, 0.5) is 24.5 Å². The van der Waals surface area contributed by atoms with Crippen LogP contribution < -0.4 is 21.6 Å². The first-order valence-corrected chi connectivity index (χ1v) is 15.5. The van der Waals surface area contributed by atoms with Crippen molar-refractivity contribution in [1.29, 1.82) is 0 Å². The van der Waals surface area contributed by atoms with Crippen molar-refractivity contribution < 1.29 is 27.7 Å². The fraction of sp³-hybridized carbons (Fsp3) is 0.114. The Labute approximate surface area is 278 Å². The van der Waals surface area contributed by atoms with Crippen molar-refractivity contribution in [3.8, 4) is 28.5 Å². The minimum Gasteiger partial charge on any atom is -0.440 e. The fourth-order valence-electron chi connectivity index (χ4n) is 4.66. The van der Waals surface area contributed by atoms with Gasteiger partial charge in [0.2, 0.25) is 5.89 Å². The van der Waals surface area contributed by atoms with E-state index in [1.54, 1.807) is 18.2 Å². The lowest BCUT2D eigenvalue weighted by molar-refractivity contribution is -0.274. The number of ether oxygens (including phenoxy) is 1. The summed E-state index contributed by atoms with van der Waals surface area (Å²) in [5, 5.41) is 6.36. The quantitative estimate of drug-likeness (QED) is 0.112. The number of aliphatic imine (C=N–C) groups is 3. The molecule has 6 N–H and O–H groups in total. The van der Waals surface area contributed by atoms with Crippen molar-refractivity contribution in [2.45, 2.75) is 26.0 Å². The van der Waals surface area contributed by atoms with Gasteiger partial charge in [0, 0.05) is 11.1 Å². The lowest BCUT2D eigenvalue weighted by Gasteiger charge is -2.08. The Morgan fingerprint density at radius 2 is 1.67 bits per heavy atom. The van der Waals surface area contributed by atoms with Crippen molar-refractivity contribution in [2.24, 2.45) is 26.4 Å². The molecule has 0 fully saturated rings. The van der Waals surface area contributed by atoms with Gasteiger partial charge in [-0.15, -0.1) is 13.2 Å². The summed E-state index contributed by atoms with van der Waals surface area (Å²) in [6, 6.07) is 25.9. The highest BCUT2D eigenvalue weighted by Gasteiger charge is 2.31. The molecule has 0 saturated heterocycles. The van der Waals surface area contributed by atoms with E-state index in [0.29, 0.717) is 50.6 Å². The summed E-state index contributed by atoms with van der Waals surface area (Å²) in [4.78, 5) is 17.8. The first-order chi connectivity index (χ1) is 23.0. The molecule has 13 heteroatoms. The molecule has 0 atom stereocenters. The number of benzene rings is 4. The average molecular weight is 671 g/mol. The maximum atomic E-state index is 12.4. The smallest absolute Gasteiger partial charge is 0.440 e.